The largest absolute Gasteiger partial charge is 0.482 e. The highest BCUT2D eigenvalue weighted by molar-refractivity contribution is 6.30. The molecule has 2 aromatic rings. The maximum absolute atomic E-state index is 11.8. The summed E-state index contributed by atoms with van der Waals surface area (Å²) in [4.78, 5) is 23.5. The molecule has 2 aromatic carbocycles. The average Bonchev–Trinajstić information content (AvgIpc) is 2.65. The van der Waals surface area contributed by atoms with Crippen molar-refractivity contribution in [1.82, 2.24) is 0 Å². The quantitative estimate of drug-likeness (QED) is 0.665. The lowest BCUT2D eigenvalue weighted by Gasteiger charge is -2.08. The standard InChI is InChI=1S/C20H22ClNO4/c1-2-3-4-15-5-9-17(10-6-15)22-19(23)13-26-20(24)14-25-18-11-7-16(21)8-12-18/h5-12H,2-4,13-14H2,1H3,(H,22,23). The van der Waals surface area contributed by atoms with Crippen LogP contribution >= 0.6 is 11.6 Å². The van der Waals surface area contributed by atoms with E-state index in [1.165, 1.54) is 5.56 Å². The molecule has 5 nitrogen and oxygen atoms in total. The third-order valence-corrected chi connectivity index (χ3v) is 3.84. The number of hydrogen-bond acceptors (Lipinski definition) is 4. The number of aryl methyl sites for hydroxylation is 1. The molecule has 0 bridgehead atoms. The minimum absolute atomic E-state index is 0.277. The molecule has 26 heavy (non-hydrogen) atoms. The molecule has 2 rings (SSSR count). The first-order valence-corrected chi connectivity index (χ1v) is 8.87. The van der Waals surface area contributed by atoms with Gasteiger partial charge < -0.3 is 14.8 Å². The molecule has 0 aliphatic heterocycles. The van der Waals surface area contributed by atoms with Crippen LogP contribution in [0.4, 0.5) is 5.69 Å². The molecule has 0 saturated heterocycles. The Morgan fingerprint density at radius 1 is 1.00 bits per heavy atom. The fourth-order valence-electron chi connectivity index (χ4n) is 2.19. The van der Waals surface area contributed by atoms with Gasteiger partial charge in [-0.2, -0.15) is 0 Å². The molecule has 1 amide bonds. The van der Waals surface area contributed by atoms with Gasteiger partial charge in [0.25, 0.3) is 5.91 Å². The lowest BCUT2D eigenvalue weighted by atomic mass is 10.1. The minimum atomic E-state index is -0.620. The van der Waals surface area contributed by atoms with Crippen LogP contribution in [0.3, 0.4) is 0 Å². The van der Waals surface area contributed by atoms with Crippen molar-refractivity contribution in [2.24, 2.45) is 0 Å². The van der Waals surface area contributed by atoms with Gasteiger partial charge in [0, 0.05) is 10.7 Å². The van der Waals surface area contributed by atoms with Gasteiger partial charge in [0.15, 0.2) is 13.2 Å². The number of carbonyl (C=O) groups is 2. The van der Waals surface area contributed by atoms with Crippen LogP contribution in [0.2, 0.25) is 5.02 Å². The summed E-state index contributed by atoms with van der Waals surface area (Å²) in [7, 11) is 0. The van der Waals surface area contributed by atoms with Crippen molar-refractivity contribution in [2.45, 2.75) is 26.2 Å². The number of rotatable bonds is 9. The van der Waals surface area contributed by atoms with E-state index in [-0.39, 0.29) is 13.2 Å². The van der Waals surface area contributed by atoms with Gasteiger partial charge in [0.2, 0.25) is 0 Å². The summed E-state index contributed by atoms with van der Waals surface area (Å²) in [6.07, 6.45) is 3.31. The molecule has 0 spiro atoms. The van der Waals surface area contributed by atoms with Crippen molar-refractivity contribution in [3.63, 3.8) is 0 Å². The predicted octanol–water partition coefficient (Wildman–Crippen LogP) is 4.24. The van der Waals surface area contributed by atoms with E-state index >= 15 is 0 Å². The second-order valence-electron chi connectivity index (χ2n) is 5.75. The first kappa shape index (κ1) is 19.8. The van der Waals surface area contributed by atoms with Gasteiger partial charge in [-0.3, -0.25) is 4.79 Å². The number of esters is 1. The Hall–Kier alpha value is -2.53. The maximum Gasteiger partial charge on any atom is 0.344 e. The van der Waals surface area contributed by atoms with E-state index in [9.17, 15) is 9.59 Å². The highest BCUT2D eigenvalue weighted by atomic mass is 35.5. The van der Waals surface area contributed by atoms with Crippen molar-refractivity contribution in [1.29, 1.82) is 0 Å². The van der Waals surface area contributed by atoms with E-state index in [0.717, 1.165) is 19.3 Å². The van der Waals surface area contributed by atoms with Crippen LogP contribution in [0.15, 0.2) is 48.5 Å². The number of anilines is 1. The van der Waals surface area contributed by atoms with Gasteiger partial charge in [-0.25, -0.2) is 4.79 Å². The Morgan fingerprint density at radius 2 is 1.69 bits per heavy atom. The molecule has 138 valence electrons. The molecule has 0 saturated carbocycles. The highest BCUT2D eigenvalue weighted by Gasteiger charge is 2.09. The molecule has 0 unspecified atom stereocenters. The van der Waals surface area contributed by atoms with Gasteiger partial charge >= 0.3 is 5.97 Å². The third-order valence-electron chi connectivity index (χ3n) is 3.59. The van der Waals surface area contributed by atoms with E-state index in [1.807, 2.05) is 24.3 Å². The minimum Gasteiger partial charge on any atom is -0.482 e. The topological polar surface area (TPSA) is 64.6 Å². The lowest BCUT2D eigenvalue weighted by Crippen LogP contribution is -2.23. The van der Waals surface area contributed by atoms with Crippen LogP contribution in [0.25, 0.3) is 0 Å². The summed E-state index contributed by atoms with van der Waals surface area (Å²) < 4.78 is 10.2. The smallest absolute Gasteiger partial charge is 0.344 e. The molecule has 0 aliphatic rings. The normalized spacial score (nSPS) is 10.2. The SMILES string of the molecule is CCCCc1ccc(NC(=O)COC(=O)COc2ccc(Cl)cc2)cc1. The molecule has 0 aromatic heterocycles. The molecular formula is C20H22ClNO4. The molecule has 0 radical (unpaired) electrons. The van der Waals surface area contributed by atoms with E-state index in [4.69, 9.17) is 21.1 Å². The van der Waals surface area contributed by atoms with Crippen LogP contribution in [0.5, 0.6) is 5.75 Å². The fourth-order valence-corrected chi connectivity index (χ4v) is 2.32. The average molecular weight is 376 g/mol. The van der Waals surface area contributed by atoms with Gasteiger partial charge in [0.1, 0.15) is 5.75 Å². The van der Waals surface area contributed by atoms with Crippen molar-refractivity contribution in [2.75, 3.05) is 18.5 Å². The zero-order valence-corrected chi connectivity index (χ0v) is 15.4. The van der Waals surface area contributed by atoms with Crippen molar-refractivity contribution in [3.05, 3.63) is 59.1 Å². The molecule has 6 heteroatoms. The zero-order chi connectivity index (χ0) is 18.8. The zero-order valence-electron chi connectivity index (χ0n) is 14.7. The Labute approximate surface area is 158 Å². The monoisotopic (exact) mass is 375 g/mol. The predicted molar refractivity (Wildman–Crippen MR) is 102 cm³/mol. The van der Waals surface area contributed by atoms with E-state index in [1.54, 1.807) is 24.3 Å². The van der Waals surface area contributed by atoms with Gasteiger partial charge in [-0.15, -0.1) is 0 Å². The summed E-state index contributed by atoms with van der Waals surface area (Å²) in [5.74, 6) is -0.518. The molecule has 0 heterocycles. The van der Waals surface area contributed by atoms with Gasteiger partial charge in [0.05, 0.1) is 0 Å². The fraction of sp³-hybridized carbons (Fsp3) is 0.300. The molecule has 0 atom stereocenters. The van der Waals surface area contributed by atoms with Gasteiger partial charge in [-0.05, 0) is 54.8 Å². The Bertz CT molecular complexity index is 714. The number of nitrogens with one attached hydrogen (secondary N) is 1. The Kier molecular flexibility index (Phi) is 7.96. The number of amides is 1. The summed E-state index contributed by atoms with van der Waals surface area (Å²) >= 11 is 5.76. The van der Waals surface area contributed by atoms with E-state index in [2.05, 4.69) is 12.2 Å². The second kappa shape index (κ2) is 10.5. The highest BCUT2D eigenvalue weighted by Crippen LogP contribution is 2.15. The summed E-state index contributed by atoms with van der Waals surface area (Å²) in [5, 5.41) is 3.27. The molecule has 0 fully saturated rings. The van der Waals surface area contributed by atoms with Crippen molar-refractivity contribution < 1.29 is 19.1 Å². The van der Waals surface area contributed by atoms with Crippen LogP contribution < -0.4 is 10.1 Å². The first-order valence-electron chi connectivity index (χ1n) is 8.49. The molecule has 0 aliphatic carbocycles. The maximum atomic E-state index is 11.8. The first-order chi connectivity index (χ1) is 12.6. The van der Waals surface area contributed by atoms with E-state index < -0.39 is 11.9 Å². The second-order valence-corrected chi connectivity index (χ2v) is 6.19. The third kappa shape index (κ3) is 7.15. The molecular weight excluding hydrogens is 354 g/mol. The number of hydrogen-bond donors (Lipinski definition) is 1. The Balaban J connectivity index is 1.68. The number of halogens is 1. The summed E-state index contributed by atoms with van der Waals surface area (Å²) in [6, 6.07) is 14.3. The van der Waals surface area contributed by atoms with Crippen LogP contribution in [0.1, 0.15) is 25.3 Å². The van der Waals surface area contributed by atoms with Crippen LogP contribution in [0, 0.1) is 0 Å². The number of ether oxygens (including phenoxy) is 2. The number of unbranched alkanes of at least 4 members (excludes halogenated alkanes) is 1. The number of benzene rings is 2. The van der Waals surface area contributed by atoms with Crippen molar-refractivity contribution in [3.8, 4) is 5.75 Å². The van der Waals surface area contributed by atoms with Crippen LogP contribution in [-0.4, -0.2) is 25.1 Å². The van der Waals surface area contributed by atoms with Crippen molar-refractivity contribution >= 4 is 29.2 Å². The summed E-state index contributed by atoms with van der Waals surface area (Å²) in [5.41, 5.74) is 1.90. The Morgan fingerprint density at radius 3 is 2.35 bits per heavy atom. The van der Waals surface area contributed by atoms with Gasteiger partial charge in [-0.1, -0.05) is 37.1 Å². The van der Waals surface area contributed by atoms with E-state index in [0.29, 0.717) is 16.5 Å². The lowest BCUT2D eigenvalue weighted by molar-refractivity contribution is -0.149. The summed E-state index contributed by atoms with van der Waals surface area (Å²) in [6.45, 7) is 1.51. The molecule has 1 N–H and O–H groups in total. The number of carbonyl (C=O) groups excluding carboxylic acids is 2. The van der Waals surface area contributed by atoms with Crippen LogP contribution in [-0.2, 0) is 20.7 Å².